The lowest BCUT2D eigenvalue weighted by molar-refractivity contribution is 0.590. The lowest BCUT2D eigenvalue weighted by atomic mass is 10.2. The Bertz CT molecular complexity index is 643. The monoisotopic (exact) mass is 281 g/mol. The molecule has 19 heavy (non-hydrogen) atoms. The molecule has 2 rings (SSSR count). The number of rotatable bonds is 3. The van der Waals surface area contributed by atoms with Crippen molar-refractivity contribution in [3.05, 3.63) is 59.2 Å². The third-order valence-corrected chi connectivity index (χ3v) is 4.14. The van der Waals surface area contributed by atoms with Gasteiger partial charge < -0.3 is 5.73 Å². The average Bonchev–Trinajstić information content (AvgIpc) is 2.33. The lowest BCUT2D eigenvalue weighted by Gasteiger charge is -2.07. The van der Waals surface area contributed by atoms with Crippen LogP contribution in [0.4, 0.5) is 14.5 Å². The summed E-state index contributed by atoms with van der Waals surface area (Å²) in [5.41, 5.74) is 7.22. The highest BCUT2D eigenvalue weighted by atomic mass is 32.2. The van der Waals surface area contributed by atoms with Gasteiger partial charge in [0, 0.05) is 11.3 Å². The van der Waals surface area contributed by atoms with E-state index < -0.39 is 22.4 Å². The molecule has 1 unspecified atom stereocenters. The normalized spacial score (nSPS) is 12.4. The second-order valence-corrected chi connectivity index (χ2v) is 5.69. The number of anilines is 1. The number of hydrogen-bond donors (Lipinski definition) is 1. The van der Waals surface area contributed by atoms with Crippen LogP contribution in [0.3, 0.4) is 0 Å². The summed E-state index contributed by atoms with van der Waals surface area (Å²) in [5.74, 6) is -1.22. The molecule has 0 amide bonds. The van der Waals surface area contributed by atoms with Gasteiger partial charge in [-0.3, -0.25) is 4.21 Å². The summed E-state index contributed by atoms with van der Waals surface area (Å²) in [4.78, 5) is 0.439. The van der Waals surface area contributed by atoms with Crippen molar-refractivity contribution >= 4 is 16.5 Å². The highest BCUT2D eigenvalue weighted by molar-refractivity contribution is 7.84. The number of halogens is 2. The quantitative estimate of drug-likeness (QED) is 0.878. The van der Waals surface area contributed by atoms with Gasteiger partial charge in [0.1, 0.15) is 11.6 Å². The van der Waals surface area contributed by atoms with E-state index >= 15 is 0 Å². The predicted molar refractivity (Wildman–Crippen MR) is 72.1 cm³/mol. The summed E-state index contributed by atoms with van der Waals surface area (Å²) in [7, 11) is -1.50. The van der Waals surface area contributed by atoms with Crippen LogP contribution in [-0.4, -0.2) is 4.21 Å². The minimum Gasteiger partial charge on any atom is -0.398 e. The summed E-state index contributed by atoms with van der Waals surface area (Å²) >= 11 is 0. The van der Waals surface area contributed by atoms with E-state index in [0.717, 1.165) is 23.8 Å². The molecule has 5 heteroatoms. The maximum Gasteiger partial charge on any atom is 0.127 e. The maximum absolute atomic E-state index is 13.5. The number of nitrogens with two attached hydrogens (primary N) is 1. The molecule has 0 aliphatic heterocycles. The molecule has 100 valence electrons. The van der Waals surface area contributed by atoms with Crippen LogP contribution in [-0.2, 0) is 16.6 Å². The van der Waals surface area contributed by atoms with Crippen LogP contribution in [0.25, 0.3) is 0 Å². The van der Waals surface area contributed by atoms with Crippen LogP contribution in [0.2, 0.25) is 0 Å². The van der Waals surface area contributed by atoms with Crippen LogP contribution in [0.5, 0.6) is 0 Å². The fraction of sp³-hybridized carbons (Fsp3) is 0.143. The van der Waals surface area contributed by atoms with Crippen molar-refractivity contribution in [2.75, 3.05) is 5.73 Å². The van der Waals surface area contributed by atoms with Gasteiger partial charge in [0.15, 0.2) is 0 Å². The van der Waals surface area contributed by atoms with Gasteiger partial charge >= 0.3 is 0 Å². The van der Waals surface area contributed by atoms with Gasteiger partial charge in [-0.25, -0.2) is 8.78 Å². The third kappa shape index (κ3) is 3.17. The molecule has 0 saturated carbocycles. The summed E-state index contributed by atoms with van der Waals surface area (Å²) in [6.07, 6.45) is 0. The molecule has 2 aromatic carbocycles. The number of hydrogen-bond acceptors (Lipinski definition) is 2. The molecule has 0 spiro atoms. The Morgan fingerprint density at radius 3 is 2.58 bits per heavy atom. The zero-order valence-corrected chi connectivity index (χ0v) is 11.1. The molecule has 2 nitrogen and oxygen atoms in total. The summed E-state index contributed by atoms with van der Waals surface area (Å²) < 4.78 is 38.7. The Hall–Kier alpha value is -1.75. The summed E-state index contributed by atoms with van der Waals surface area (Å²) in [5, 5.41) is 0. The van der Waals surface area contributed by atoms with Gasteiger partial charge in [-0.2, -0.15) is 0 Å². The van der Waals surface area contributed by atoms with Crippen LogP contribution >= 0.6 is 0 Å². The van der Waals surface area contributed by atoms with E-state index in [4.69, 9.17) is 5.73 Å². The van der Waals surface area contributed by atoms with Gasteiger partial charge in [-0.05, 0) is 42.8 Å². The molecule has 0 saturated heterocycles. The Morgan fingerprint density at radius 1 is 1.16 bits per heavy atom. The highest BCUT2D eigenvalue weighted by Gasteiger charge is 2.12. The Morgan fingerprint density at radius 2 is 1.89 bits per heavy atom. The Kier molecular flexibility index (Phi) is 3.95. The molecule has 2 N–H and O–H groups in total. The van der Waals surface area contributed by atoms with Crippen molar-refractivity contribution in [2.45, 2.75) is 17.6 Å². The van der Waals surface area contributed by atoms with E-state index in [9.17, 15) is 13.0 Å². The fourth-order valence-corrected chi connectivity index (χ4v) is 2.95. The Balaban J connectivity index is 2.28. The molecule has 0 aliphatic rings. The second-order valence-electron chi connectivity index (χ2n) is 4.27. The zero-order valence-electron chi connectivity index (χ0n) is 10.3. The average molecular weight is 281 g/mol. The van der Waals surface area contributed by atoms with E-state index in [1.165, 1.54) is 0 Å². The van der Waals surface area contributed by atoms with E-state index in [0.29, 0.717) is 10.6 Å². The van der Waals surface area contributed by atoms with Gasteiger partial charge in [0.2, 0.25) is 0 Å². The molecule has 0 aromatic heterocycles. The maximum atomic E-state index is 13.5. The van der Waals surface area contributed by atoms with Crippen LogP contribution in [0, 0.1) is 18.6 Å². The molecule has 0 aliphatic carbocycles. The van der Waals surface area contributed by atoms with Crippen molar-refractivity contribution in [1.82, 2.24) is 0 Å². The van der Waals surface area contributed by atoms with Crippen LogP contribution in [0.15, 0.2) is 41.3 Å². The van der Waals surface area contributed by atoms with E-state index in [1.54, 1.807) is 18.2 Å². The number of aryl methyl sites for hydroxylation is 1. The molecular weight excluding hydrogens is 268 g/mol. The van der Waals surface area contributed by atoms with Crippen LogP contribution < -0.4 is 5.73 Å². The first-order valence-electron chi connectivity index (χ1n) is 5.66. The van der Waals surface area contributed by atoms with Gasteiger partial charge in [0.05, 0.1) is 21.4 Å². The first-order chi connectivity index (χ1) is 8.97. The van der Waals surface area contributed by atoms with Crippen molar-refractivity contribution in [1.29, 1.82) is 0 Å². The van der Waals surface area contributed by atoms with Gasteiger partial charge in [-0.1, -0.05) is 6.07 Å². The summed E-state index contributed by atoms with van der Waals surface area (Å²) in [6.45, 7) is 1.87. The van der Waals surface area contributed by atoms with Crippen molar-refractivity contribution < 1.29 is 13.0 Å². The van der Waals surface area contributed by atoms with E-state index in [2.05, 4.69) is 0 Å². The number of benzene rings is 2. The molecule has 2 aromatic rings. The second kappa shape index (κ2) is 5.48. The SMILES string of the molecule is Cc1ccc(S(=O)Cc2cc(F)ccc2F)c(N)c1. The van der Waals surface area contributed by atoms with Crippen molar-refractivity contribution in [3.63, 3.8) is 0 Å². The topological polar surface area (TPSA) is 43.1 Å². The first-order valence-corrected chi connectivity index (χ1v) is 6.97. The molecule has 0 fully saturated rings. The lowest BCUT2D eigenvalue weighted by Crippen LogP contribution is -2.03. The minimum atomic E-state index is -1.50. The van der Waals surface area contributed by atoms with Crippen molar-refractivity contribution in [2.24, 2.45) is 0 Å². The van der Waals surface area contributed by atoms with E-state index in [-0.39, 0.29) is 11.3 Å². The molecule has 0 radical (unpaired) electrons. The smallest absolute Gasteiger partial charge is 0.127 e. The summed E-state index contributed by atoms with van der Waals surface area (Å²) in [6, 6.07) is 8.25. The Labute approximate surface area is 112 Å². The largest absolute Gasteiger partial charge is 0.398 e. The van der Waals surface area contributed by atoms with E-state index in [1.807, 2.05) is 6.92 Å². The standard InChI is InChI=1S/C14H13F2NOS/c1-9-2-5-14(13(17)6-9)19(18)8-10-7-11(15)3-4-12(10)16/h2-7H,8,17H2,1H3. The van der Waals surface area contributed by atoms with Gasteiger partial charge in [0.25, 0.3) is 0 Å². The highest BCUT2D eigenvalue weighted by Crippen LogP contribution is 2.21. The molecule has 1 atom stereocenters. The number of nitrogen functional groups attached to an aromatic ring is 1. The first kappa shape index (κ1) is 13.7. The zero-order chi connectivity index (χ0) is 14.0. The fourth-order valence-electron chi connectivity index (χ4n) is 1.75. The van der Waals surface area contributed by atoms with Crippen LogP contribution in [0.1, 0.15) is 11.1 Å². The molecule has 0 heterocycles. The third-order valence-electron chi connectivity index (χ3n) is 2.70. The molecule has 0 bridgehead atoms. The molecular formula is C14H13F2NOS. The predicted octanol–water partition coefficient (Wildman–Crippen LogP) is 3.16. The van der Waals surface area contributed by atoms with Gasteiger partial charge in [-0.15, -0.1) is 0 Å². The minimum absolute atomic E-state index is 0.0818. The van der Waals surface area contributed by atoms with Crippen molar-refractivity contribution in [3.8, 4) is 0 Å².